The molecule has 0 amide bonds. The van der Waals surface area contributed by atoms with Gasteiger partial charge in [0.05, 0.1) is 11.3 Å². The van der Waals surface area contributed by atoms with Crippen molar-refractivity contribution in [3.05, 3.63) is 45.3 Å². The molecule has 0 saturated heterocycles. The van der Waals surface area contributed by atoms with Crippen LogP contribution in [0.2, 0.25) is 0 Å². The number of hydrogen-bond donors (Lipinski definition) is 1. The van der Waals surface area contributed by atoms with Crippen LogP contribution in [-0.4, -0.2) is 5.16 Å². The third-order valence-electron chi connectivity index (χ3n) is 3.02. The van der Waals surface area contributed by atoms with E-state index in [1.807, 2.05) is 39.0 Å². The molecule has 1 heterocycles. The average Bonchev–Trinajstić information content (AvgIpc) is 2.68. The predicted octanol–water partition coefficient (Wildman–Crippen LogP) is 3.65. The number of aromatic nitrogens is 1. The normalized spacial score (nSPS) is 12.5. The van der Waals surface area contributed by atoms with Crippen LogP contribution < -0.4 is 10.5 Å². The standard InChI is InChI=1S/C14H17BrN2O2/c1-8(16)12-6-11(15)4-5-14(12)18-7-13-9(2)17-19-10(13)3/h4-6,8H,7,16H2,1-3H3. The summed E-state index contributed by atoms with van der Waals surface area (Å²) in [7, 11) is 0. The summed E-state index contributed by atoms with van der Waals surface area (Å²) in [6, 6.07) is 5.75. The van der Waals surface area contributed by atoms with E-state index in [0.717, 1.165) is 32.8 Å². The first kappa shape index (κ1) is 14.1. The highest BCUT2D eigenvalue weighted by Gasteiger charge is 2.13. The summed E-state index contributed by atoms with van der Waals surface area (Å²) in [5.41, 5.74) is 8.78. The van der Waals surface area contributed by atoms with Crippen molar-refractivity contribution in [3.63, 3.8) is 0 Å². The Morgan fingerprint density at radius 2 is 2.16 bits per heavy atom. The molecule has 0 spiro atoms. The van der Waals surface area contributed by atoms with Crippen LogP contribution in [0.25, 0.3) is 0 Å². The number of nitrogens with two attached hydrogens (primary N) is 1. The van der Waals surface area contributed by atoms with Crippen molar-refractivity contribution in [1.82, 2.24) is 5.16 Å². The molecule has 2 rings (SSSR count). The van der Waals surface area contributed by atoms with Crippen LogP contribution in [0.1, 0.15) is 35.5 Å². The van der Waals surface area contributed by atoms with E-state index in [4.69, 9.17) is 15.0 Å². The first-order chi connectivity index (χ1) is 8.99. The van der Waals surface area contributed by atoms with Gasteiger partial charge in [-0.15, -0.1) is 0 Å². The molecule has 0 fully saturated rings. The molecule has 19 heavy (non-hydrogen) atoms. The van der Waals surface area contributed by atoms with E-state index >= 15 is 0 Å². The van der Waals surface area contributed by atoms with Crippen LogP contribution >= 0.6 is 15.9 Å². The highest BCUT2D eigenvalue weighted by Crippen LogP contribution is 2.28. The van der Waals surface area contributed by atoms with E-state index in [1.54, 1.807) is 0 Å². The Labute approximate surface area is 121 Å². The maximum Gasteiger partial charge on any atom is 0.140 e. The zero-order valence-electron chi connectivity index (χ0n) is 11.2. The molecule has 1 aromatic heterocycles. The summed E-state index contributed by atoms with van der Waals surface area (Å²) >= 11 is 3.44. The van der Waals surface area contributed by atoms with Gasteiger partial charge in [-0.25, -0.2) is 0 Å². The lowest BCUT2D eigenvalue weighted by Crippen LogP contribution is -2.08. The number of aryl methyl sites for hydroxylation is 2. The number of halogens is 1. The van der Waals surface area contributed by atoms with Crippen molar-refractivity contribution in [1.29, 1.82) is 0 Å². The number of benzene rings is 1. The summed E-state index contributed by atoms with van der Waals surface area (Å²) < 4.78 is 12.0. The minimum atomic E-state index is -0.0860. The van der Waals surface area contributed by atoms with Gasteiger partial charge in [0.15, 0.2) is 0 Å². The fourth-order valence-corrected chi connectivity index (χ4v) is 2.24. The minimum Gasteiger partial charge on any atom is -0.488 e. The molecule has 1 atom stereocenters. The molecule has 0 aliphatic heterocycles. The van der Waals surface area contributed by atoms with E-state index < -0.39 is 0 Å². The summed E-state index contributed by atoms with van der Waals surface area (Å²) in [6.07, 6.45) is 0. The fourth-order valence-electron chi connectivity index (χ4n) is 1.86. The van der Waals surface area contributed by atoms with Crippen LogP contribution in [-0.2, 0) is 6.61 Å². The van der Waals surface area contributed by atoms with E-state index in [1.165, 1.54) is 0 Å². The smallest absolute Gasteiger partial charge is 0.140 e. The Balaban J connectivity index is 2.20. The minimum absolute atomic E-state index is 0.0860. The summed E-state index contributed by atoms with van der Waals surface area (Å²) in [5, 5.41) is 3.91. The van der Waals surface area contributed by atoms with Crippen molar-refractivity contribution >= 4 is 15.9 Å². The van der Waals surface area contributed by atoms with Crippen molar-refractivity contribution in [3.8, 4) is 5.75 Å². The van der Waals surface area contributed by atoms with Gasteiger partial charge in [0.25, 0.3) is 0 Å². The molecular formula is C14H17BrN2O2. The third kappa shape index (κ3) is 3.16. The highest BCUT2D eigenvalue weighted by atomic mass is 79.9. The molecule has 2 N–H and O–H groups in total. The molecule has 0 saturated carbocycles. The van der Waals surface area contributed by atoms with Gasteiger partial charge in [0, 0.05) is 16.1 Å². The molecule has 1 unspecified atom stereocenters. The van der Waals surface area contributed by atoms with E-state index in [0.29, 0.717) is 6.61 Å². The number of rotatable bonds is 4. The van der Waals surface area contributed by atoms with Crippen molar-refractivity contribution in [2.75, 3.05) is 0 Å². The Morgan fingerprint density at radius 1 is 1.42 bits per heavy atom. The van der Waals surface area contributed by atoms with Crippen LogP contribution in [0.15, 0.2) is 27.2 Å². The van der Waals surface area contributed by atoms with Gasteiger partial charge >= 0.3 is 0 Å². The second kappa shape index (κ2) is 5.75. The van der Waals surface area contributed by atoms with Crippen molar-refractivity contribution in [2.45, 2.75) is 33.4 Å². The molecule has 2 aromatic rings. The lowest BCUT2D eigenvalue weighted by atomic mass is 10.1. The molecule has 0 aliphatic rings. The molecule has 4 nitrogen and oxygen atoms in total. The average molecular weight is 325 g/mol. The van der Waals surface area contributed by atoms with Gasteiger partial charge in [-0.3, -0.25) is 0 Å². The quantitative estimate of drug-likeness (QED) is 0.932. The lowest BCUT2D eigenvalue weighted by Gasteiger charge is -2.14. The van der Waals surface area contributed by atoms with Gasteiger partial charge in [-0.2, -0.15) is 0 Å². The van der Waals surface area contributed by atoms with Gasteiger partial charge in [0.1, 0.15) is 18.1 Å². The van der Waals surface area contributed by atoms with Gasteiger partial charge < -0.3 is 15.0 Å². The Kier molecular flexibility index (Phi) is 4.27. The van der Waals surface area contributed by atoms with Crippen LogP contribution in [0.4, 0.5) is 0 Å². The highest BCUT2D eigenvalue weighted by molar-refractivity contribution is 9.10. The first-order valence-corrected chi connectivity index (χ1v) is 6.88. The first-order valence-electron chi connectivity index (χ1n) is 6.08. The zero-order chi connectivity index (χ0) is 14.0. The second-order valence-corrected chi connectivity index (χ2v) is 5.48. The van der Waals surface area contributed by atoms with Gasteiger partial charge in [0.2, 0.25) is 0 Å². The molecule has 102 valence electrons. The number of ether oxygens (including phenoxy) is 1. The Bertz CT molecular complexity index is 559. The topological polar surface area (TPSA) is 61.3 Å². The summed E-state index contributed by atoms with van der Waals surface area (Å²) in [4.78, 5) is 0. The predicted molar refractivity (Wildman–Crippen MR) is 77.1 cm³/mol. The summed E-state index contributed by atoms with van der Waals surface area (Å²) in [5.74, 6) is 1.58. The van der Waals surface area contributed by atoms with Crippen LogP contribution in [0.3, 0.4) is 0 Å². The zero-order valence-corrected chi connectivity index (χ0v) is 12.8. The van der Waals surface area contributed by atoms with Crippen molar-refractivity contribution < 1.29 is 9.26 Å². The van der Waals surface area contributed by atoms with E-state index in [2.05, 4.69) is 21.1 Å². The second-order valence-electron chi connectivity index (χ2n) is 4.56. The van der Waals surface area contributed by atoms with E-state index in [9.17, 15) is 0 Å². The van der Waals surface area contributed by atoms with Crippen molar-refractivity contribution in [2.24, 2.45) is 5.73 Å². The van der Waals surface area contributed by atoms with Crippen LogP contribution in [0.5, 0.6) is 5.75 Å². The van der Waals surface area contributed by atoms with Crippen LogP contribution in [0, 0.1) is 13.8 Å². The number of hydrogen-bond acceptors (Lipinski definition) is 4. The molecule has 0 radical (unpaired) electrons. The van der Waals surface area contributed by atoms with Gasteiger partial charge in [-0.1, -0.05) is 21.1 Å². The van der Waals surface area contributed by atoms with Gasteiger partial charge in [-0.05, 0) is 39.0 Å². The Morgan fingerprint density at radius 3 is 2.74 bits per heavy atom. The summed E-state index contributed by atoms with van der Waals surface area (Å²) in [6.45, 7) is 6.16. The monoisotopic (exact) mass is 324 g/mol. The Hall–Kier alpha value is -1.33. The maximum absolute atomic E-state index is 5.96. The number of nitrogens with zero attached hydrogens (tertiary/aromatic N) is 1. The fraction of sp³-hybridized carbons (Fsp3) is 0.357. The molecule has 0 aliphatic carbocycles. The SMILES string of the molecule is Cc1noc(C)c1COc1ccc(Br)cc1C(C)N. The molecular weight excluding hydrogens is 308 g/mol. The molecule has 5 heteroatoms. The maximum atomic E-state index is 5.96. The molecule has 1 aromatic carbocycles. The van der Waals surface area contributed by atoms with E-state index in [-0.39, 0.29) is 6.04 Å². The third-order valence-corrected chi connectivity index (χ3v) is 3.51. The largest absolute Gasteiger partial charge is 0.488 e. The molecule has 0 bridgehead atoms. The lowest BCUT2D eigenvalue weighted by molar-refractivity contribution is 0.297.